The molecule has 3 aromatic rings. The highest BCUT2D eigenvalue weighted by molar-refractivity contribution is 6.31. The van der Waals surface area contributed by atoms with Gasteiger partial charge in [0.2, 0.25) is 0 Å². The van der Waals surface area contributed by atoms with Crippen molar-refractivity contribution < 1.29 is 18.7 Å². The molecule has 1 saturated carbocycles. The number of benzene rings is 2. The predicted molar refractivity (Wildman–Crippen MR) is 150 cm³/mol. The van der Waals surface area contributed by atoms with E-state index >= 15 is 0 Å². The molecular formula is C28H34ClFN6O3. The van der Waals surface area contributed by atoms with Crippen LogP contribution in [0, 0.1) is 5.82 Å². The van der Waals surface area contributed by atoms with Crippen molar-refractivity contribution in [2.45, 2.75) is 37.8 Å². The lowest BCUT2D eigenvalue weighted by atomic mass is 9.92. The van der Waals surface area contributed by atoms with E-state index in [2.05, 4.69) is 27.2 Å². The minimum atomic E-state index is -0.552. The molecule has 2 aliphatic rings. The monoisotopic (exact) mass is 556 g/mol. The SMILES string of the molecule is COc1cc2ncnc(Nc3cccc(Cl)c3F)c2cc1O[C@H]1CC[C@H](N(C)C(=O)N2CCN(C)CC2)CC1. The molecule has 39 heavy (non-hydrogen) atoms. The summed E-state index contributed by atoms with van der Waals surface area (Å²) >= 11 is 5.95. The zero-order valence-corrected chi connectivity index (χ0v) is 23.2. The van der Waals surface area contributed by atoms with E-state index in [1.54, 1.807) is 25.3 Å². The fourth-order valence-corrected chi connectivity index (χ4v) is 5.42. The third-order valence-electron chi connectivity index (χ3n) is 7.69. The van der Waals surface area contributed by atoms with Gasteiger partial charge in [0.25, 0.3) is 0 Å². The first-order chi connectivity index (χ1) is 18.8. The second kappa shape index (κ2) is 11.8. The summed E-state index contributed by atoms with van der Waals surface area (Å²) < 4.78 is 26.6. The third-order valence-corrected chi connectivity index (χ3v) is 7.98. The predicted octanol–water partition coefficient (Wildman–Crippen LogP) is 5.16. The standard InChI is InChI=1S/C28H34ClFN6O3/c1-34-11-13-36(14-12-34)28(37)35(2)18-7-9-19(10-8-18)39-25-15-20-23(16-24(25)38-3)31-17-32-27(20)33-22-6-4-5-21(29)26(22)30/h4-6,15-19H,7-14H2,1-3H3,(H,31,32,33)/t18-,19-. The van der Waals surface area contributed by atoms with Gasteiger partial charge in [-0.1, -0.05) is 17.7 Å². The molecule has 1 aliphatic heterocycles. The molecule has 5 rings (SSSR count). The van der Waals surface area contributed by atoms with E-state index < -0.39 is 5.82 Å². The molecule has 2 fully saturated rings. The van der Waals surface area contributed by atoms with Crippen LogP contribution < -0.4 is 14.8 Å². The molecular weight excluding hydrogens is 523 g/mol. The minimum absolute atomic E-state index is 0.0221. The molecule has 11 heteroatoms. The molecule has 0 unspecified atom stereocenters. The van der Waals surface area contributed by atoms with Crippen molar-refractivity contribution in [3.05, 3.63) is 47.5 Å². The van der Waals surface area contributed by atoms with Crippen molar-refractivity contribution in [1.29, 1.82) is 0 Å². The number of hydrogen-bond donors (Lipinski definition) is 1. The molecule has 0 bridgehead atoms. The summed E-state index contributed by atoms with van der Waals surface area (Å²) in [6.45, 7) is 3.35. The first-order valence-corrected chi connectivity index (χ1v) is 13.6. The Hall–Kier alpha value is -3.37. The van der Waals surface area contributed by atoms with Gasteiger partial charge in [-0.3, -0.25) is 0 Å². The van der Waals surface area contributed by atoms with Gasteiger partial charge in [-0.15, -0.1) is 0 Å². The van der Waals surface area contributed by atoms with Crippen molar-refractivity contribution >= 4 is 40.0 Å². The number of ether oxygens (including phenoxy) is 2. The van der Waals surface area contributed by atoms with Gasteiger partial charge in [-0.05, 0) is 50.9 Å². The minimum Gasteiger partial charge on any atom is -0.493 e. The number of nitrogens with one attached hydrogen (secondary N) is 1. The number of carbonyl (C=O) groups is 1. The number of carbonyl (C=O) groups excluding carboxylic acids is 1. The van der Waals surface area contributed by atoms with E-state index in [0.717, 1.165) is 51.9 Å². The van der Waals surface area contributed by atoms with Gasteiger partial charge in [0, 0.05) is 50.7 Å². The molecule has 1 aromatic heterocycles. The lowest BCUT2D eigenvalue weighted by molar-refractivity contribution is 0.0845. The van der Waals surface area contributed by atoms with Gasteiger partial charge in [-0.2, -0.15) is 0 Å². The molecule has 9 nitrogen and oxygen atoms in total. The van der Waals surface area contributed by atoms with Gasteiger partial charge in [0.15, 0.2) is 17.3 Å². The Morgan fingerprint density at radius 3 is 2.56 bits per heavy atom. The van der Waals surface area contributed by atoms with E-state index in [-0.39, 0.29) is 28.9 Å². The van der Waals surface area contributed by atoms with Crippen molar-refractivity contribution in [3.8, 4) is 11.5 Å². The molecule has 2 amide bonds. The third kappa shape index (κ3) is 5.96. The van der Waals surface area contributed by atoms with E-state index in [1.165, 1.54) is 12.4 Å². The number of methoxy groups -OCH3 is 1. The number of fused-ring (bicyclic) bond motifs is 1. The molecule has 0 atom stereocenters. The van der Waals surface area contributed by atoms with Crippen LogP contribution in [-0.4, -0.2) is 90.2 Å². The highest BCUT2D eigenvalue weighted by atomic mass is 35.5. The topological polar surface area (TPSA) is 83.1 Å². The number of anilines is 2. The molecule has 2 heterocycles. The molecule has 0 radical (unpaired) electrons. The summed E-state index contributed by atoms with van der Waals surface area (Å²) in [6, 6.07) is 8.67. The van der Waals surface area contributed by atoms with Crippen LogP contribution in [0.4, 0.5) is 20.7 Å². The zero-order chi connectivity index (χ0) is 27.5. The molecule has 1 aliphatic carbocycles. The average Bonchev–Trinajstić information content (AvgIpc) is 2.95. The number of likely N-dealkylation sites (N-methyl/N-ethyl adjacent to an activating group) is 1. The number of hydrogen-bond acceptors (Lipinski definition) is 7. The smallest absolute Gasteiger partial charge is 0.320 e. The number of rotatable bonds is 6. The summed E-state index contributed by atoms with van der Waals surface area (Å²) in [5, 5.41) is 3.72. The summed E-state index contributed by atoms with van der Waals surface area (Å²) in [5.41, 5.74) is 0.848. The summed E-state index contributed by atoms with van der Waals surface area (Å²) in [5.74, 6) is 1.01. The fourth-order valence-electron chi connectivity index (χ4n) is 5.25. The van der Waals surface area contributed by atoms with Crippen LogP contribution in [0.5, 0.6) is 11.5 Å². The number of nitrogens with zero attached hydrogens (tertiary/aromatic N) is 5. The van der Waals surface area contributed by atoms with E-state index in [4.69, 9.17) is 21.1 Å². The van der Waals surface area contributed by atoms with Crippen LogP contribution in [0.2, 0.25) is 5.02 Å². The second-order valence-corrected chi connectivity index (χ2v) is 10.6. The van der Waals surface area contributed by atoms with E-state index in [1.807, 2.05) is 22.9 Å². The molecule has 1 saturated heterocycles. The van der Waals surface area contributed by atoms with Crippen LogP contribution in [0.1, 0.15) is 25.7 Å². The maximum atomic E-state index is 14.5. The lowest BCUT2D eigenvalue weighted by Gasteiger charge is -2.39. The quantitative estimate of drug-likeness (QED) is 0.449. The Morgan fingerprint density at radius 2 is 1.85 bits per heavy atom. The van der Waals surface area contributed by atoms with Crippen molar-refractivity contribution in [1.82, 2.24) is 24.7 Å². The molecule has 2 aromatic carbocycles. The normalized spacial score (nSPS) is 20.1. The number of piperazine rings is 1. The summed E-state index contributed by atoms with van der Waals surface area (Å²) in [7, 11) is 5.59. The highest BCUT2D eigenvalue weighted by Crippen LogP contribution is 2.37. The lowest BCUT2D eigenvalue weighted by Crippen LogP contribution is -2.53. The maximum Gasteiger partial charge on any atom is 0.320 e. The highest BCUT2D eigenvalue weighted by Gasteiger charge is 2.31. The fraction of sp³-hybridized carbons (Fsp3) is 0.464. The second-order valence-electron chi connectivity index (χ2n) is 10.2. The van der Waals surface area contributed by atoms with Crippen LogP contribution in [0.15, 0.2) is 36.7 Å². The van der Waals surface area contributed by atoms with Gasteiger partial charge in [0.05, 0.1) is 29.4 Å². The van der Waals surface area contributed by atoms with Gasteiger partial charge < -0.3 is 29.5 Å². The molecule has 208 valence electrons. The van der Waals surface area contributed by atoms with Crippen molar-refractivity contribution in [3.63, 3.8) is 0 Å². The Kier molecular flexibility index (Phi) is 8.23. The Balaban J connectivity index is 1.28. The van der Waals surface area contributed by atoms with Crippen molar-refractivity contribution in [2.75, 3.05) is 52.7 Å². The summed E-state index contributed by atoms with van der Waals surface area (Å²) in [4.78, 5) is 27.8. The average molecular weight is 557 g/mol. The number of amides is 2. The Bertz CT molecular complexity index is 1330. The zero-order valence-electron chi connectivity index (χ0n) is 22.5. The van der Waals surface area contributed by atoms with Crippen LogP contribution in [-0.2, 0) is 0 Å². The van der Waals surface area contributed by atoms with Gasteiger partial charge in [0.1, 0.15) is 12.1 Å². The summed E-state index contributed by atoms with van der Waals surface area (Å²) in [6.07, 6.45) is 4.74. The molecule has 0 spiro atoms. The van der Waals surface area contributed by atoms with Crippen LogP contribution in [0.25, 0.3) is 10.9 Å². The first kappa shape index (κ1) is 27.2. The van der Waals surface area contributed by atoms with E-state index in [0.29, 0.717) is 28.2 Å². The van der Waals surface area contributed by atoms with Crippen molar-refractivity contribution in [2.24, 2.45) is 0 Å². The Labute approximate surface area is 232 Å². The van der Waals surface area contributed by atoms with Crippen LogP contribution >= 0.6 is 11.6 Å². The number of halogens is 2. The van der Waals surface area contributed by atoms with Gasteiger partial charge >= 0.3 is 6.03 Å². The number of urea groups is 1. The maximum absolute atomic E-state index is 14.5. The van der Waals surface area contributed by atoms with Crippen LogP contribution in [0.3, 0.4) is 0 Å². The Morgan fingerprint density at radius 1 is 1.10 bits per heavy atom. The first-order valence-electron chi connectivity index (χ1n) is 13.2. The van der Waals surface area contributed by atoms with E-state index in [9.17, 15) is 9.18 Å². The van der Waals surface area contributed by atoms with Gasteiger partial charge in [-0.25, -0.2) is 19.2 Å². The number of aromatic nitrogens is 2. The largest absolute Gasteiger partial charge is 0.493 e. The molecule has 1 N–H and O–H groups in total.